The van der Waals surface area contributed by atoms with Gasteiger partial charge in [-0.2, -0.15) is 8.42 Å². The van der Waals surface area contributed by atoms with Crippen molar-refractivity contribution in [2.75, 3.05) is 4.72 Å². The molecule has 0 radical (unpaired) electrons. The quantitative estimate of drug-likeness (QED) is 0.722. The molecule has 0 fully saturated rings. The van der Waals surface area contributed by atoms with Gasteiger partial charge in [0.05, 0.1) is 11.4 Å². The number of aryl methyl sites for hydroxylation is 2. The van der Waals surface area contributed by atoms with Crippen molar-refractivity contribution in [3.63, 3.8) is 0 Å². The van der Waals surface area contributed by atoms with Gasteiger partial charge in [-0.3, -0.25) is 9.71 Å². The molecule has 1 rings (SSSR count). The Morgan fingerprint density at radius 3 is 2.46 bits per heavy atom. The molecule has 0 bridgehead atoms. The number of hydrogen-bond acceptors (Lipinski definition) is 3. The Morgan fingerprint density at radius 2 is 2.00 bits per heavy atom. The summed E-state index contributed by atoms with van der Waals surface area (Å²) >= 11 is 0. The fourth-order valence-electron chi connectivity index (χ4n) is 0.948. The lowest BCUT2D eigenvalue weighted by Gasteiger charge is -2.06. The molecule has 1 heterocycles. The van der Waals surface area contributed by atoms with Crippen LogP contribution in [0.1, 0.15) is 11.4 Å². The Labute approximate surface area is 77.2 Å². The van der Waals surface area contributed by atoms with Crippen LogP contribution < -0.4 is 9.86 Å². The predicted molar refractivity (Wildman–Crippen MR) is 50.4 cm³/mol. The van der Waals surface area contributed by atoms with Crippen LogP contribution in [-0.4, -0.2) is 13.4 Å². The Kier molecular flexibility index (Phi) is 2.53. The van der Waals surface area contributed by atoms with Gasteiger partial charge in [0, 0.05) is 5.69 Å². The van der Waals surface area contributed by atoms with Crippen LogP contribution in [0.15, 0.2) is 12.1 Å². The van der Waals surface area contributed by atoms with E-state index in [4.69, 9.17) is 5.14 Å². The summed E-state index contributed by atoms with van der Waals surface area (Å²) in [6.07, 6.45) is 0. The van der Waals surface area contributed by atoms with Crippen molar-refractivity contribution in [3.05, 3.63) is 23.5 Å². The van der Waals surface area contributed by atoms with Crippen molar-refractivity contribution < 1.29 is 8.42 Å². The van der Waals surface area contributed by atoms with E-state index in [1.54, 1.807) is 19.1 Å². The second-order valence-corrected chi connectivity index (χ2v) is 4.03. The van der Waals surface area contributed by atoms with E-state index in [2.05, 4.69) is 9.71 Å². The number of nitrogens with one attached hydrogen (secondary N) is 1. The molecule has 0 atom stereocenters. The first-order valence-corrected chi connectivity index (χ1v) is 5.18. The molecule has 0 amide bonds. The summed E-state index contributed by atoms with van der Waals surface area (Å²) in [6, 6.07) is 3.34. The third-order valence-corrected chi connectivity index (χ3v) is 1.98. The number of aromatic nitrogens is 1. The van der Waals surface area contributed by atoms with Crippen molar-refractivity contribution in [2.24, 2.45) is 5.14 Å². The second-order valence-electron chi connectivity index (χ2n) is 2.73. The highest BCUT2D eigenvalue weighted by Gasteiger charge is 2.05. The van der Waals surface area contributed by atoms with Crippen molar-refractivity contribution >= 4 is 15.9 Å². The zero-order valence-electron chi connectivity index (χ0n) is 7.40. The van der Waals surface area contributed by atoms with Gasteiger partial charge in [-0.1, -0.05) is 0 Å². The van der Waals surface area contributed by atoms with Crippen LogP contribution in [0.25, 0.3) is 0 Å². The summed E-state index contributed by atoms with van der Waals surface area (Å²) in [7, 11) is -3.70. The van der Waals surface area contributed by atoms with E-state index in [1.807, 2.05) is 6.92 Å². The Morgan fingerprint density at radius 1 is 1.38 bits per heavy atom. The summed E-state index contributed by atoms with van der Waals surface area (Å²) in [5.74, 6) is 0. The monoisotopic (exact) mass is 201 g/mol. The zero-order valence-corrected chi connectivity index (χ0v) is 8.22. The smallest absolute Gasteiger partial charge is 0.269 e. The first kappa shape index (κ1) is 9.94. The summed E-state index contributed by atoms with van der Waals surface area (Å²) in [5.41, 5.74) is 1.85. The maximum Gasteiger partial charge on any atom is 0.296 e. The molecule has 0 aliphatic carbocycles. The maximum absolute atomic E-state index is 10.7. The summed E-state index contributed by atoms with van der Waals surface area (Å²) in [5, 5.41) is 4.81. The Bertz CT molecular complexity index is 414. The van der Waals surface area contributed by atoms with Crippen molar-refractivity contribution in [2.45, 2.75) is 13.8 Å². The molecule has 1 aromatic rings. The standard InChI is InChI=1S/C7H11N3O2S/c1-5-3-4-7(6(2)9-5)10-13(8,11)12/h3-4,10H,1-2H3,(H2,8,11,12). The molecule has 6 heteroatoms. The van der Waals surface area contributed by atoms with Crippen LogP contribution in [0, 0.1) is 13.8 Å². The highest BCUT2D eigenvalue weighted by Crippen LogP contribution is 2.12. The normalized spacial score (nSPS) is 11.3. The van der Waals surface area contributed by atoms with Crippen LogP contribution in [0.3, 0.4) is 0 Å². The number of nitrogens with two attached hydrogens (primary N) is 1. The minimum Gasteiger partial charge on any atom is -0.269 e. The summed E-state index contributed by atoms with van der Waals surface area (Å²) in [4.78, 5) is 4.08. The largest absolute Gasteiger partial charge is 0.296 e. The van der Waals surface area contributed by atoms with Gasteiger partial charge in [-0.15, -0.1) is 0 Å². The number of anilines is 1. The van der Waals surface area contributed by atoms with E-state index in [1.165, 1.54) is 0 Å². The molecule has 0 spiro atoms. The van der Waals surface area contributed by atoms with Gasteiger partial charge in [-0.25, -0.2) is 5.14 Å². The number of rotatable bonds is 2. The highest BCUT2D eigenvalue weighted by molar-refractivity contribution is 7.90. The Balaban J connectivity index is 3.04. The van der Waals surface area contributed by atoms with E-state index in [0.29, 0.717) is 11.4 Å². The fraction of sp³-hybridized carbons (Fsp3) is 0.286. The van der Waals surface area contributed by atoms with E-state index < -0.39 is 10.2 Å². The topological polar surface area (TPSA) is 85.1 Å². The van der Waals surface area contributed by atoms with Crippen LogP contribution in [0.5, 0.6) is 0 Å². The van der Waals surface area contributed by atoms with E-state index in [-0.39, 0.29) is 0 Å². The molecule has 1 aromatic heterocycles. The van der Waals surface area contributed by atoms with E-state index >= 15 is 0 Å². The van der Waals surface area contributed by atoms with Gasteiger partial charge in [0.25, 0.3) is 10.2 Å². The summed E-state index contributed by atoms with van der Waals surface area (Å²) < 4.78 is 23.5. The lowest BCUT2D eigenvalue weighted by Crippen LogP contribution is -2.22. The molecule has 0 unspecified atom stereocenters. The van der Waals surface area contributed by atoms with Gasteiger partial charge < -0.3 is 0 Å². The van der Waals surface area contributed by atoms with E-state index in [0.717, 1.165) is 5.69 Å². The third-order valence-electron chi connectivity index (χ3n) is 1.48. The van der Waals surface area contributed by atoms with Gasteiger partial charge in [0.15, 0.2) is 0 Å². The average Bonchev–Trinajstić information content (AvgIpc) is 1.93. The first-order chi connectivity index (χ1) is 5.88. The molecule has 0 aliphatic rings. The van der Waals surface area contributed by atoms with Crippen molar-refractivity contribution in [1.82, 2.24) is 4.98 Å². The fourth-order valence-corrected chi connectivity index (χ4v) is 1.47. The SMILES string of the molecule is Cc1ccc(NS(N)(=O)=O)c(C)n1. The predicted octanol–water partition coefficient (Wildman–Crippen LogP) is 0.314. The van der Waals surface area contributed by atoms with Gasteiger partial charge in [0.2, 0.25) is 0 Å². The number of pyridine rings is 1. The minimum absolute atomic E-state index is 0.410. The number of hydrogen-bond donors (Lipinski definition) is 2. The van der Waals surface area contributed by atoms with Gasteiger partial charge >= 0.3 is 0 Å². The van der Waals surface area contributed by atoms with Crippen LogP contribution in [0.2, 0.25) is 0 Å². The maximum atomic E-state index is 10.7. The molecule has 0 saturated heterocycles. The third kappa shape index (κ3) is 3.00. The highest BCUT2D eigenvalue weighted by atomic mass is 32.2. The average molecular weight is 201 g/mol. The molecule has 13 heavy (non-hydrogen) atoms. The molecule has 0 saturated carbocycles. The second kappa shape index (κ2) is 3.31. The lowest BCUT2D eigenvalue weighted by atomic mass is 10.3. The van der Waals surface area contributed by atoms with E-state index in [9.17, 15) is 8.42 Å². The van der Waals surface area contributed by atoms with Gasteiger partial charge in [-0.05, 0) is 26.0 Å². The van der Waals surface area contributed by atoms with Crippen molar-refractivity contribution in [1.29, 1.82) is 0 Å². The molecular weight excluding hydrogens is 190 g/mol. The minimum atomic E-state index is -3.70. The molecule has 0 aromatic carbocycles. The molecular formula is C7H11N3O2S. The van der Waals surface area contributed by atoms with Crippen molar-refractivity contribution in [3.8, 4) is 0 Å². The molecule has 3 N–H and O–H groups in total. The molecule has 5 nitrogen and oxygen atoms in total. The van der Waals surface area contributed by atoms with Crippen LogP contribution in [0.4, 0.5) is 5.69 Å². The van der Waals surface area contributed by atoms with Crippen LogP contribution in [-0.2, 0) is 10.2 Å². The molecule has 72 valence electrons. The zero-order chi connectivity index (χ0) is 10.1. The Hall–Kier alpha value is -1.14. The number of nitrogens with zero attached hydrogens (tertiary/aromatic N) is 1. The van der Waals surface area contributed by atoms with Crippen LogP contribution >= 0.6 is 0 Å². The lowest BCUT2D eigenvalue weighted by molar-refractivity contribution is 0.603. The van der Waals surface area contributed by atoms with Gasteiger partial charge in [0.1, 0.15) is 0 Å². The molecule has 0 aliphatic heterocycles. The first-order valence-electron chi connectivity index (χ1n) is 3.63. The summed E-state index contributed by atoms with van der Waals surface area (Å²) in [6.45, 7) is 3.54.